The molecule has 1 aromatic heterocycles. The average molecular weight is 420 g/mol. The summed E-state index contributed by atoms with van der Waals surface area (Å²) in [5.74, 6) is -2.01. The Bertz CT molecular complexity index is 1160. The Labute approximate surface area is 179 Å². The SMILES string of the molecule is Cc1ccc(C)n1-c1cc(C(O)N2CCc3ccc(C(=O)O)cc3C2)ccc1C(=O)O. The summed E-state index contributed by atoms with van der Waals surface area (Å²) >= 11 is 0. The van der Waals surface area contributed by atoms with Gasteiger partial charge in [0.25, 0.3) is 0 Å². The van der Waals surface area contributed by atoms with Crippen LogP contribution in [0, 0.1) is 13.8 Å². The second kappa shape index (κ2) is 8.02. The van der Waals surface area contributed by atoms with Crippen LogP contribution >= 0.6 is 0 Å². The fourth-order valence-corrected chi connectivity index (χ4v) is 4.26. The Morgan fingerprint density at radius 3 is 2.26 bits per heavy atom. The molecule has 7 nitrogen and oxygen atoms in total. The molecule has 31 heavy (non-hydrogen) atoms. The molecule has 1 atom stereocenters. The summed E-state index contributed by atoms with van der Waals surface area (Å²) in [5, 5.41) is 30.0. The second-order valence-electron chi connectivity index (χ2n) is 7.92. The van der Waals surface area contributed by atoms with E-state index in [2.05, 4.69) is 0 Å². The fraction of sp³-hybridized carbons (Fsp3) is 0.250. The van der Waals surface area contributed by atoms with Gasteiger partial charge >= 0.3 is 11.9 Å². The van der Waals surface area contributed by atoms with Crippen LogP contribution in [0.5, 0.6) is 0 Å². The fourth-order valence-electron chi connectivity index (χ4n) is 4.26. The lowest BCUT2D eigenvalue weighted by molar-refractivity contribution is -0.00782. The van der Waals surface area contributed by atoms with Gasteiger partial charge in [0.05, 0.1) is 16.8 Å². The number of rotatable bonds is 5. The third-order valence-electron chi connectivity index (χ3n) is 5.90. The number of hydrogen-bond donors (Lipinski definition) is 3. The molecule has 0 saturated carbocycles. The number of aliphatic hydroxyl groups is 1. The molecule has 0 radical (unpaired) electrons. The summed E-state index contributed by atoms with van der Waals surface area (Å²) in [5.41, 5.74) is 5.24. The van der Waals surface area contributed by atoms with Crippen LogP contribution < -0.4 is 0 Å². The smallest absolute Gasteiger partial charge is 0.337 e. The maximum absolute atomic E-state index is 11.8. The maximum atomic E-state index is 11.8. The van der Waals surface area contributed by atoms with Crippen molar-refractivity contribution >= 4 is 11.9 Å². The zero-order valence-electron chi connectivity index (χ0n) is 17.4. The van der Waals surface area contributed by atoms with Crippen molar-refractivity contribution in [2.45, 2.75) is 33.0 Å². The molecule has 4 rings (SSSR count). The van der Waals surface area contributed by atoms with Gasteiger partial charge in [-0.2, -0.15) is 0 Å². The van der Waals surface area contributed by atoms with E-state index in [0.717, 1.165) is 22.5 Å². The van der Waals surface area contributed by atoms with Crippen LogP contribution in [0.15, 0.2) is 48.5 Å². The van der Waals surface area contributed by atoms with Gasteiger partial charge in [0.2, 0.25) is 0 Å². The van der Waals surface area contributed by atoms with Crippen LogP contribution in [0.1, 0.15) is 55.0 Å². The van der Waals surface area contributed by atoms with Crippen molar-refractivity contribution < 1.29 is 24.9 Å². The first-order chi connectivity index (χ1) is 14.8. The predicted octanol–water partition coefficient (Wildman–Crippen LogP) is 3.54. The zero-order chi connectivity index (χ0) is 22.3. The molecule has 0 bridgehead atoms. The van der Waals surface area contributed by atoms with Gasteiger partial charge in [-0.15, -0.1) is 0 Å². The molecule has 3 N–H and O–H groups in total. The van der Waals surface area contributed by atoms with E-state index in [1.54, 1.807) is 24.3 Å². The molecule has 0 spiro atoms. The number of benzene rings is 2. The van der Waals surface area contributed by atoms with Gasteiger partial charge in [0.15, 0.2) is 0 Å². The highest BCUT2D eigenvalue weighted by atomic mass is 16.4. The predicted molar refractivity (Wildman–Crippen MR) is 115 cm³/mol. The molecule has 2 heterocycles. The van der Waals surface area contributed by atoms with Gasteiger partial charge in [-0.05, 0) is 73.4 Å². The number of nitrogens with zero attached hydrogens (tertiary/aromatic N) is 2. The molecule has 0 amide bonds. The lowest BCUT2D eigenvalue weighted by atomic mass is 9.96. The van der Waals surface area contributed by atoms with Crippen LogP contribution in [0.2, 0.25) is 0 Å². The Balaban J connectivity index is 1.69. The van der Waals surface area contributed by atoms with E-state index in [1.807, 2.05) is 41.5 Å². The third-order valence-corrected chi connectivity index (χ3v) is 5.90. The van der Waals surface area contributed by atoms with Crippen LogP contribution in [0.3, 0.4) is 0 Å². The van der Waals surface area contributed by atoms with Gasteiger partial charge in [0.1, 0.15) is 6.23 Å². The van der Waals surface area contributed by atoms with Crippen molar-refractivity contribution in [1.82, 2.24) is 9.47 Å². The maximum Gasteiger partial charge on any atom is 0.337 e. The summed E-state index contributed by atoms with van der Waals surface area (Å²) < 4.78 is 1.87. The number of aromatic nitrogens is 1. The molecule has 1 aliphatic rings. The molecule has 1 aliphatic heterocycles. The van der Waals surface area contributed by atoms with E-state index >= 15 is 0 Å². The monoisotopic (exact) mass is 420 g/mol. The minimum Gasteiger partial charge on any atom is -0.478 e. The minimum absolute atomic E-state index is 0.161. The molecule has 7 heteroatoms. The summed E-state index contributed by atoms with van der Waals surface area (Å²) in [4.78, 5) is 25.0. The Hall–Kier alpha value is -3.42. The number of carboxylic acid groups (broad SMARTS) is 2. The van der Waals surface area contributed by atoms with Crippen molar-refractivity contribution in [3.8, 4) is 5.69 Å². The number of fused-ring (bicyclic) bond motifs is 1. The van der Waals surface area contributed by atoms with Crippen LogP contribution in [0.4, 0.5) is 0 Å². The van der Waals surface area contributed by atoms with Crippen LogP contribution in [-0.4, -0.2) is 43.3 Å². The van der Waals surface area contributed by atoms with E-state index < -0.39 is 18.2 Å². The molecule has 3 aromatic rings. The molecule has 0 aliphatic carbocycles. The molecular weight excluding hydrogens is 396 g/mol. The number of aromatic carboxylic acids is 2. The zero-order valence-corrected chi connectivity index (χ0v) is 17.4. The van der Waals surface area contributed by atoms with E-state index in [0.29, 0.717) is 30.8 Å². The van der Waals surface area contributed by atoms with Gasteiger partial charge in [-0.25, -0.2) is 9.59 Å². The topological polar surface area (TPSA) is 103 Å². The van der Waals surface area contributed by atoms with Gasteiger partial charge in [-0.3, -0.25) is 4.90 Å². The number of carboxylic acids is 2. The summed E-state index contributed by atoms with van der Waals surface area (Å²) in [7, 11) is 0. The summed E-state index contributed by atoms with van der Waals surface area (Å²) in [6, 6.07) is 13.8. The molecule has 0 saturated heterocycles. The highest BCUT2D eigenvalue weighted by Crippen LogP contribution is 2.30. The van der Waals surface area contributed by atoms with Gasteiger partial charge in [0, 0.05) is 24.5 Å². The lowest BCUT2D eigenvalue weighted by Gasteiger charge is -2.33. The first kappa shape index (κ1) is 20.8. The first-order valence-electron chi connectivity index (χ1n) is 10.1. The number of carbonyl (C=O) groups is 2. The standard InChI is InChI=1S/C24H24N2O5/c1-14-3-4-15(2)26(14)21-12-17(7-8-20(21)24(30)31)22(27)25-10-9-16-5-6-18(23(28)29)11-19(16)13-25/h3-8,11-12,22,27H,9-10,13H2,1-2H3,(H,28,29)(H,30,31). The van der Waals surface area contributed by atoms with Crippen molar-refractivity contribution in [2.24, 2.45) is 0 Å². The van der Waals surface area contributed by atoms with E-state index in [1.165, 1.54) is 6.07 Å². The Morgan fingerprint density at radius 2 is 1.61 bits per heavy atom. The largest absolute Gasteiger partial charge is 0.478 e. The molecular formula is C24H24N2O5. The molecule has 160 valence electrons. The quantitative estimate of drug-likeness (QED) is 0.583. The van der Waals surface area contributed by atoms with Crippen LogP contribution in [0.25, 0.3) is 5.69 Å². The Morgan fingerprint density at radius 1 is 0.903 bits per heavy atom. The van der Waals surface area contributed by atoms with E-state index in [9.17, 15) is 24.9 Å². The summed E-state index contributed by atoms with van der Waals surface area (Å²) in [6.45, 7) is 4.83. The summed E-state index contributed by atoms with van der Waals surface area (Å²) in [6.07, 6.45) is -0.248. The van der Waals surface area contributed by atoms with Gasteiger partial charge < -0.3 is 19.9 Å². The molecule has 1 unspecified atom stereocenters. The number of aryl methyl sites for hydroxylation is 2. The normalized spacial score (nSPS) is 14.8. The van der Waals surface area contributed by atoms with Crippen molar-refractivity contribution in [3.63, 3.8) is 0 Å². The van der Waals surface area contributed by atoms with Crippen molar-refractivity contribution in [1.29, 1.82) is 0 Å². The minimum atomic E-state index is -1.03. The lowest BCUT2D eigenvalue weighted by Crippen LogP contribution is -2.34. The second-order valence-corrected chi connectivity index (χ2v) is 7.92. The van der Waals surface area contributed by atoms with Crippen molar-refractivity contribution in [2.75, 3.05) is 6.54 Å². The van der Waals surface area contributed by atoms with Crippen LogP contribution in [-0.2, 0) is 13.0 Å². The van der Waals surface area contributed by atoms with Gasteiger partial charge in [-0.1, -0.05) is 12.1 Å². The van der Waals surface area contributed by atoms with E-state index in [-0.39, 0.29) is 11.1 Å². The van der Waals surface area contributed by atoms with E-state index in [4.69, 9.17) is 0 Å². The average Bonchev–Trinajstić information content (AvgIpc) is 3.09. The Kier molecular flexibility index (Phi) is 5.39. The molecule has 2 aromatic carbocycles. The highest BCUT2D eigenvalue weighted by Gasteiger charge is 2.25. The highest BCUT2D eigenvalue weighted by molar-refractivity contribution is 5.92. The van der Waals surface area contributed by atoms with Crippen molar-refractivity contribution in [3.05, 3.63) is 87.7 Å². The number of aliphatic hydroxyl groups excluding tert-OH is 1. The molecule has 0 fully saturated rings. The third kappa shape index (κ3) is 3.85. The number of hydrogen-bond acceptors (Lipinski definition) is 4. The first-order valence-corrected chi connectivity index (χ1v) is 10.1.